The Labute approximate surface area is 181 Å². The maximum atomic E-state index is 13.6. The van der Waals surface area contributed by atoms with Crippen LogP contribution in [0, 0.1) is 17.0 Å². The Balaban J connectivity index is 2.17. The van der Waals surface area contributed by atoms with Crippen molar-refractivity contribution in [3.05, 3.63) is 35.4 Å². The number of carbonyl (C=O) groups excluding carboxylic acids is 1. The van der Waals surface area contributed by atoms with Gasteiger partial charge in [-0.15, -0.1) is 0 Å². The van der Waals surface area contributed by atoms with Gasteiger partial charge in [0.15, 0.2) is 0 Å². The summed E-state index contributed by atoms with van der Waals surface area (Å²) in [6, 6.07) is 1.06. The lowest BCUT2D eigenvalue weighted by Crippen LogP contribution is -2.61. The third kappa shape index (κ3) is 7.74. The third-order valence-electron chi connectivity index (χ3n) is 5.34. The standard InChI is InChI=1S/C22H32F2N2O5/c1-13(27)25-18(9-14-7-15(23)10-16(24)8-14)20(28)19-12-31-17(5-6-22(2,3)4)11-26(19)21(29)30/h7-8,10,17-20,28H,5-6,9,11-12H2,1-4H3,(H,25,27)(H,29,30)/t17-,18+,19-,20+/m0/s1. The first-order chi connectivity index (χ1) is 14.4. The lowest BCUT2D eigenvalue weighted by atomic mass is 9.88. The van der Waals surface area contributed by atoms with Gasteiger partial charge in [0.25, 0.3) is 0 Å². The first-order valence-corrected chi connectivity index (χ1v) is 10.4. The van der Waals surface area contributed by atoms with Crippen molar-refractivity contribution in [2.75, 3.05) is 13.2 Å². The third-order valence-corrected chi connectivity index (χ3v) is 5.34. The van der Waals surface area contributed by atoms with Gasteiger partial charge in [-0.1, -0.05) is 20.8 Å². The van der Waals surface area contributed by atoms with E-state index in [0.717, 1.165) is 29.5 Å². The van der Waals surface area contributed by atoms with Crippen LogP contribution in [-0.2, 0) is 16.0 Å². The van der Waals surface area contributed by atoms with Crippen LogP contribution in [0.5, 0.6) is 0 Å². The van der Waals surface area contributed by atoms with Gasteiger partial charge in [0.1, 0.15) is 11.6 Å². The number of carboxylic acid groups (broad SMARTS) is 1. The molecule has 31 heavy (non-hydrogen) atoms. The number of nitrogens with one attached hydrogen (secondary N) is 1. The van der Waals surface area contributed by atoms with Gasteiger partial charge >= 0.3 is 6.09 Å². The van der Waals surface area contributed by atoms with E-state index in [1.165, 1.54) is 6.92 Å². The van der Waals surface area contributed by atoms with Crippen LogP contribution < -0.4 is 5.32 Å². The minimum absolute atomic E-state index is 0.0458. The molecule has 9 heteroatoms. The van der Waals surface area contributed by atoms with Gasteiger partial charge in [-0.3, -0.25) is 9.69 Å². The highest BCUT2D eigenvalue weighted by Crippen LogP contribution is 2.26. The Morgan fingerprint density at radius 1 is 1.26 bits per heavy atom. The second-order valence-corrected chi connectivity index (χ2v) is 9.34. The second kappa shape index (κ2) is 10.4. The minimum Gasteiger partial charge on any atom is -0.465 e. The Kier molecular flexibility index (Phi) is 8.36. The van der Waals surface area contributed by atoms with Gasteiger partial charge in [0, 0.05) is 13.0 Å². The topological polar surface area (TPSA) is 99.1 Å². The summed E-state index contributed by atoms with van der Waals surface area (Å²) in [5.41, 5.74) is 0.307. The summed E-state index contributed by atoms with van der Waals surface area (Å²) in [7, 11) is 0. The average Bonchev–Trinajstić information content (AvgIpc) is 2.63. The first-order valence-electron chi connectivity index (χ1n) is 10.4. The van der Waals surface area contributed by atoms with Crippen molar-refractivity contribution in [2.24, 2.45) is 5.41 Å². The first kappa shape index (κ1) is 25.0. The molecule has 1 saturated heterocycles. The van der Waals surface area contributed by atoms with Crippen molar-refractivity contribution in [1.29, 1.82) is 0 Å². The molecule has 2 amide bonds. The normalized spacial score (nSPS) is 21.5. The highest BCUT2D eigenvalue weighted by atomic mass is 19.1. The predicted octanol–water partition coefficient (Wildman–Crippen LogP) is 2.95. The number of morpholine rings is 1. The molecule has 0 radical (unpaired) electrons. The van der Waals surface area contributed by atoms with Gasteiger partial charge in [0.05, 0.1) is 37.4 Å². The number of hydrogen-bond donors (Lipinski definition) is 3. The zero-order valence-corrected chi connectivity index (χ0v) is 18.4. The van der Waals surface area contributed by atoms with Crippen molar-refractivity contribution in [3.63, 3.8) is 0 Å². The van der Waals surface area contributed by atoms with E-state index < -0.39 is 41.8 Å². The zero-order valence-electron chi connectivity index (χ0n) is 18.4. The van der Waals surface area contributed by atoms with Crippen LogP contribution in [0.3, 0.4) is 0 Å². The van der Waals surface area contributed by atoms with Crippen molar-refractivity contribution in [1.82, 2.24) is 10.2 Å². The molecule has 3 N–H and O–H groups in total. The second-order valence-electron chi connectivity index (χ2n) is 9.34. The molecule has 1 aliphatic heterocycles. The van der Waals surface area contributed by atoms with Gasteiger partial charge < -0.3 is 20.3 Å². The maximum Gasteiger partial charge on any atom is 0.407 e. The molecular formula is C22H32F2N2O5. The number of rotatable bonds is 7. The molecular weight excluding hydrogens is 410 g/mol. The summed E-state index contributed by atoms with van der Waals surface area (Å²) in [5, 5.41) is 23.2. The number of amides is 2. The predicted molar refractivity (Wildman–Crippen MR) is 111 cm³/mol. The Bertz CT molecular complexity index is 763. The summed E-state index contributed by atoms with van der Waals surface area (Å²) in [4.78, 5) is 24.7. The minimum atomic E-state index is -1.34. The van der Waals surface area contributed by atoms with E-state index in [2.05, 4.69) is 26.1 Å². The van der Waals surface area contributed by atoms with Gasteiger partial charge in [-0.05, 0) is 42.4 Å². The van der Waals surface area contributed by atoms with Gasteiger partial charge in [-0.25, -0.2) is 13.6 Å². The molecule has 1 aromatic carbocycles. The number of aliphatic hydroxyl groups is 1. The number of ether oxygens (including phenoxy) is 1. The van der Waals surface area contributed by atoms with Gasteiger partial charge in [-0.2, -0.15) is 0 Å². The molecule has 0 bridgehead atoms. The van der Waals surface area contributed by atoms with Gasteiger partial charge in [0.2, 0.25) is 5.91 Å². The Morgan fingerprint density at radius 3 is 2.39 bits per heavy atom. The van der Waals surface area contributed by atoms with Crippen LogP contribution in [0.4, 0.5) is 13.6 Å². The molecule has 0 saturated carbocycles. The molecule has 7 nitrogen and oxygen atoms in total. The van der Waals surface area contributed by atoms with Crippen LogP contribution in [0.1, 0.15) is 46.1 Å². The summed E-state index contributed by atoms with van der Waals surface area (Å²) in [6.45, 7) is 7.56. The number of aliphatic hydroxyl groups excluding tert-OH is 1. The highest BCUT2D eigenvalue weighted by Gasteiger charge is 2.40. The summed E-state index contributed by atoms with van der Waals surface area (Å²) in [6.07, 6.45) is -1.39. The number of hydrogen-bond acceptors (Lipinski definition) is 4. The molecule has 0 aromatic heterocycles. The molecule has 0 spiro atoms. The van der Waals surface area contributed by atoms with Crippen molar-refractivity contribution >= 4 is 12.0 Å². The number of nitrogens with zero attached hydrogens (tertiary/aromatic N) is 1. The van der Waals surface area contributed by atoms with E-state index in [1.54, 1.807) is 0 Å². The maximum absolute atomic E-state index is 13.6. The summed E-state index contributed by atoms with van der Waals surface area (Å²) in [5.74, 6) is -2.01. The molecule has 1 aliphatic rings. The van der Waals surface area contributed by atoms with Crippen molar-refractivity contribution in [3.8, 4) is 0 Å². The molecule has 4 atom stereocenters. The molecule has 0 aliphatic carbocycles. The van der Waals surface area contributed by atoms with E-state index in [1.807, 2.05) is 0 Å². The Morgan fingerprint density at radius 2 is 1.87 bits per heavy atom. The lowest BCUT2D eigenvalue weighted by Gasteiger charge is -2.42. The smallest absolute Gasteiger partial charge is 0.407 e. The van der Waals surface area contributed by atoms with E-state index in [-0.39, 0.29) is 36.7 Å². The summed E-state index contributed by atoms with van der Waals surface area (Å²) >= 11 is 0. The fourth-order valence-electron chi connectivity index (χ4n) is 3.77. The van der Waals surface area contributed by atoms with E-state index in [4.69, 9.17) is 4.74 Å². The molecule has 0 unspecified atom stereocenters. The van der Waals surface area contributed by atoms with Crippen LogP contribution in [0.2, 0.25) is 0 Å². The summed E-state index contributed by atoms with van der Waals surface area (Å²) < 4.78 is 33.0. The largest absolute Gasteiger partial charge is 0.465 e. The molecule has 1 fully saturated rings. The SMILES string of the molecule is CC(=O)N[C@H](Cc1cc(F)cc(F)c1)[C@@H](O)[C@@H]1CO[C@@H](CCC(C)(C)C)CN1C(=O)O. The Hall–Kier alpha value is -2.26. The van der Waals surface area contributed by atoms with Crippen molar-refractivity contribution in [2.45, 2.75) is 71.2 Å². The quantitative estimate of drug-likeness (QED) is 0.603. The van der Waals surface area contributed by atoms with E-state index in [0.29, 0.717) is 6.42 Å². The molecule has 1 aromatic rings. The number of benzene rings is 1. The van der Waals surface area contributed by atoms with Crippen LogP contribution in [0.15, 0.2) is 18.2 Å². The molecule has 1 heterocycles. The monoisotopic (exact) mass is 442 g/mol. The fourth-order valence-corrected chi connectivity index (χ4v) is 3.77. The fraction of sp³-hybridized carbons (Fsp3) is 0.636. The lowest BCUT2D eigenvalue weighted by molar-refractivity contribution is -0.123. The van der Waals surface area contributed by atoms with E-state index in [9.17, 15) is 28.6 Å². The van der Waals surface area contributed by atoms with E-state index >= 15 is 0 Å². The molecule has 174 valence electrons. The zero-order chi connectivity index (χ0) is 23.3. The van der Waals surface area contributed by atoms with Crippen LogP contribution in [-0.4, -0.2) is 64.6 Å². The van der Waals surface area contributed by atoms with Crippen LogP contribution in [0.25, 0.3) is 0 Å². The molecule has 2 rings (SSSR count). The van der Waals surface area contributed by atoms with Crippen molar-refractivity contribution < 1.29 is 33.3 Å². The van der Waals surface area contributed by atoms with Crippen LogP contribution >= 0.6 is 0 Å². The highest BCUT2D eigenvalue weighted by molar-refractivity contribution is 5.73. The average molecular weight is 443 g/mol. The number of carbonyl (C=O) groups is 2. The number of halogens is 2.